The van der Waals surface area contributed by atoms with Crippen LogP contribution in [-0.4, -0.2) is 44.0 Å². The number of halogens is 1. The molecule has 28 heavy (non-hydrogen) atoms. The third kappa shape index (κ3) is 4.57. The topological polar surface area (TPSA) is 67.9 Å². The summed E-state index contributed by atoms with van der Waals surface area (Å²) in [6.07, 6.45) is 1.52. The van der Waals surface area contributed by atoms with Crippen LogP contribution >= 0.6 is 11.6 Å². The second kappa shape index (κ2) is 8.97. The zero-order valence-electron chi connectivity index (χ0n) is 15.9. The number of ether oxygens (including phenoxy) is 2. The van der Waals surface area contributed by atoms with E-state index in [0.717, 1.165) is 12.8 Å². The van der Waals surface area contributed by atoms with Gasteiger partial charge in [-0.25, -0.2) is 4.79 Å². The van der Waals surface area contributed by atoms with E-state index < -0.39 is 0 Å². The van der Waals surface area contributed by atoms with Gasteiger partial charge in [-0.05, 0) is 55.3 Å². The van der Waals surface area contributed by atoms with Crippen LogP contribution in [0.3, 0.4) is 0 Å². The Bertz CT molecular complexity index is 854. The normalized spacial score (nSPS) is 16.4. The number of hydrogen-bond donors (Lipinski definition) is 1. The molecule has 1 aliphatic rings. The minimum absolute atomic E-state index is 0.00458. The summed E-state index contributed by atoms with van der Waals surface area (Å²) >= 11 is 5.87. The minimum Gasteiger partial charge on any atom is -0.493 e. The number of Topliss-reactive ketones (excluding diaryl/α,β-unsaturated/α-hetero) is 1. The third-order valence-corrected chi connectivity index (χ3v) is 5.09. The van der Waals surface area contributed by atoms with Crippen molar-refractivity contribution in [3.8, 4) is 11.5 Å². The molecular weight excluding hydrogens is 380 g/mol. The molecule has 0 radical (unpaired) electrons. The first kappa shape index (κ1) is 20.0. The number of methoxy groups -OCH3 is 2. The van der Waals surface area contributed by atoms with Gasteiger partial charge >= 0.3 is 6.03 Å². The first-order valence-corrected chi connectivity index (χ1v) is 9.47. The summed E-state index contributed by atoms with van der Waals surface area (Å²) < 4.78 is 10.5. The van der Waals surface area contributed by atoms with Crippen molar-refractivity contribution in [3.05, 3.63) is 53.1 Å². The van der Waals surface area contributed by atoms with Gasteiger partial charge in [0.1, 0.15) is 0 Å². The van der Waals surface area contributed by atoms with Gasteiger partial charge in [-0.2, -0.15) is 0 Å². The molecule has 1 atom stereocenters. The van der Waals surface area contributed by atoms with Gasteiger partial charge in [0.2, 0.25) is 0 Å². The lowest BCUT2D eigenvalue weighted by molar-refractivity contribution is 0.0851. The molecule has 1 heterocycles. The maximum atomic E-state index is 13.0. The lowest BCUT2D eigenvalue weighted by atomic mass is 9.90. The molecule has 0 aromatic heterocycles. The molecule has 1 aliphatic heterocycles. The SMILES string of the molecule is COc1ccc(C(=O)C2CCCN(C(=O)Nc3ccc(Cl)cc3)C2)cc1OC. The first-order chi connectivity index (χ1) is 13.5. The lowest BCUT2D eigenvalue weighted by Crippen LogP contribution is -2.44. The van der Waals surface area contributed by atoms with E-state index in [4.69, 9.17) is 21.1 Å². The number of nitrogens with zero attached hydrogens (tertiary/aromatic N) is 1. The zero-order chi connectivity index (χ0) is 20.1. The molecule has 1 fully saturated rings. The van der Waals surface area contributed by atoms with Crippen LogP contribution in [0, 0.1) is 5.92 Å². The quantitative estimate of drug-likeness (QED) is 0.748. The van der Waals surface area contributed by atoms with Gasteiger partial charge in [-0.1, -0.05) is 11.6 Å². The summed E-state index contributed by atoms with van der Waals surface area (Å²) in [5, 5.41) is 3.46. The predicted molar refractivity (Wildman–Crippen MR) is 109 cm³/mol. The van der Waals surface area contributed by atoms with Crippen LogP contribution in [0.5, 0.6) is 11.5 Å². The van der Waals surface area contributed by atoms with Gasteiger partial charge in [-0.15, -0.1) is 0 Å². The summed E-state index contributed by atoms with van der Waals surface area (Å²) in [5.74, 6) is 0.848. The number of carbonyl (C=O) groups is 2. The Morgan fingerprint density at radius 1 is 1.07 bits per heavy atom. The zero-order valence-corrected chi connectivity index (χ0v) is 16.7. The van der Waals surface area contributed by atoms with Gasteiger partial charge in [0, 0.05) is 35.3 Å². The Hall–Kier alpha value is -2.73. The van der Waals surface area contributed by atoms with Gasteiger partial charge in [-0.3, -0.25) is 4.79 Å². The summed E-state index contributed by atoms with van der Waals surface area (Å²) in [4.78, 5) is 27.2. The summed E-state index contributed by atoms with van der Waals surface area (Å²) in [5.41, 5.74) is 1.23. The molecule has 2 aromatic carbocycles. The fraction of sp³-hybridized carbons (Fsp3) is 0.333. The standard InChI is InChI=1S/C21H23ClN2O4/c1-27-18-10-5-14(12-19(18)28-2)20(25)15-4-3-11-24(13-15)21(26)23-17-8-6-16(22)7-9-17/h5-10,12,15H,3-4,11,13H2,1-2H3,(H,23,26). The van der Waals surface area contributed by atoms with Crippen molar-refractivity contribution in [2.24, 2.45) is 5.92 Å². The number of carbonyl (C=O) groups excluding carboxylic acids is 2. The number of urea groups is 1. The monoisotopic (exact) mass is 402 g/mol. The number of benzene rings is 2. The second-order valence-electron chi connectivity index (χ2n) is 6.66. The van der Waals surface area contributed by atoms with Crippen LogP contribution in [0.4, 0.5) is 10.5 Å². The van der Waals surface area contributed by atoms with Crippen LogP contribution in [0.1, 0.15) is 23.2 Å². The Balaban J connectivity index is 1.67. The van der Waals surface area contributed by atoms with Gasteiger partial charge < -0.3 is 19.7 Å². The molecule has 0 bridgehead atoms. The summed E-state index contributed by atoms with van der Waals surface area (Å²) in [6, 6.07) is 11.9. The Morgan fingerprint density at radius 3 is 2.46 bits per heavy atom. The molecule has 6 nitrogen and oxygen atoms in total. The minimum atomic E-state index is -0.247. The Morgan fingerprint density at radius 2 is 1.79 bits per heavy atom. The van der Waals surface area contributed by atoms with E-state index >= 15 is 0 Å². The average molecular weight is 403 g/mol. The number of nitrogens with one attached hydrogen (secondary N) is 1. The molecule has 7 heteroatoms. The summed E-state index contributed by atoms with van der Waals surface area (Å²) in [6.45, 7) is 1.00. The van der Waals surface area contributed by atoms with E-state index in [1.54, 1.807) is 54.5 Å². The predicted octanol–water partition coefficient (Wildman–Crippen LogP) is 4.48. The molecule has 2 amide bonds. The average Bonchev–Trinajstić information content (AvgIpc) is 2.74. The van der Waals surface area contributed by atoms with E-state index in [0.29, 0.717) is 40.9 Å². The molecule has 1 N–H and O–H groups in total. The van der Waals surface area contributed by atoms with E-state index in [9.17, 15) is 9.59 Å². The van der Waals surface area contributed by atoms with Crippen LogP contribution in [-0.2, 0) is 0 Å². The summed E-state index contributed by atoms with van der Waals surface area (Å²) in [7, 11) is 3.09. The lowest BCUT2D eigenvalue weighted by Gasteiger charge is -2.32. The van der Waals surface area contributed by atoms with Crippen molar-refractivity contribution in [1.29, 1.82) is 0 Å². The molecule has 148 valence electrons. The molecule has 3 rings (SSSR count). The number of amides is 2. The van der Waals surface area contributed by atoms with Crippen molar-refractivity contribution in [3.63, 3.8) is 0 Å². The molecule has 0 saturated carbocycles. The molecule has 0 aliphatic carbocycles. The second-order valence-corrected chi connectivity index (χ2v) is 7.09. The first-order valence-electron chi connectivity index (χ1n) is 9.09. The highest BCUT2D eigenvalue weighted by Gasteiger charge is 2.29. The van der Waals surface area contributed by atoms with Crippen LogP contribution < -0.4 is 14.8 Å². The fourth-order valence-corrected chi connectivity index (χ4v) is 3.46. The van der Waals surface area contributed by atoms with E-state index in [1.165, 1.54) is 7.11 Å². The van der Waals surface area contributed by atoms with Crippen molar-refractivity contribution < 1.29 is 19.1 Å². The highest BCUT2D eigenvalue weighted by molar-refractivity contribution is 6.30. The molecule has 2 aromatic rings. The molecular formula is C21H23ClN2O4. The highest BCUT2D eigenvalue weighted by atomic mass is 35.5. The molecule has 0 spiro atoms. The number of ketones is 1. The largest absolute Gasteiger partial charge is 0.493 e. The Labute approximate surface area is 169 Å². The number of rotatable bonds is 5. The third-order valence-electron chi connectivity index (χ3n) is 4.84. The van der Waals surface area contributed by atoms with Crippen molar-refractivity contribution in [1.82, 2.24) is 4.90 Å². The number of anilines is 1. The van der Waals surface area contributed by atoms with E-state index in [-0.39, 0.29) is 17.7 Å². The number of likely N-dealkylation sites (tertiary alicyclic amines) is 1. The van der Waals surface area contributed by atoms with Gasteiger partial charge in [0.15, 0.2) is 17.3 Å². The van der Waals surface area contributed by atoms with Gasteiger partial charge in [0.05, 0.1) is 14.2 Å². The molecule has 1 unspecified atom stereocenters. The number of hydrogen-bond acceptors (Lipinski definition) is 4. The molecule has 1 saturated heterocycles. The maximum absolute atomic E-state index is 13.0. The Kier molecular flexibility index (Phi) is 6.41. The van der Waals surface area contributed by atoms with Crippen LogP contribution in [0.2, 0.25) is 5.02 Å². The maximum Gasteiger partial charge on any atom is 0.321 e. The highest BCUT2D eigenvalue weighted by Crippen LogP contribution is 2.30. The van der Waals surface area contributed by atoms with E-state index in [2.05, 4.69) is 5.32 Å². The van der Waals surface area contributed by atoms with Crippen LogP contribution in [0.15, 0.2) is 42.5 Å². The van der Waals surface area contributed by atoms with Crippen molar-refractivity contribution in [2.45, 2.75) is 12.8 Å². The smallest absolute Gasteiger partial charge is 0.321 e. The van der Waals surface area contributed by atoms with Crippen molar-refractivity contribution >= 4 is 29.1 Å². The van der Waals surface area contributed by atoms with Gasteiger partial charge in [0.25, 0.3) is 0 Å². The number of piperidine rings is 1. The fourth-order valence-electron chi connectivity index (χ4n) is 3.34. The van der Waals surface area contributed by atoms with E-state index in [1.807, 2.05) is 0 Å². The van der Waals surface area contributed by atoms with Crippen molar-refractivity contribution in [2.75, 3.05) is 32.6 Å². The van der Waals surface area contributed by atoms with Crippen LogP contribution in [0.25, 0.3) is 0 Å².